The summed E-state index contributed by atoms with van der Waals surface area (Å²) < 4.78 is 0. The number of nitrogens with one attached hydrogen (secondary N) is 1. The lowest BCUT2D eigenvalue weighted by Crippen LogP contribution is -2.36. The highest BCUT2D eigenvalue weighted by Crippen LogP contribution is 2.08. The van der Waals surface area contributed by atoms with Gasteiger partial charge in [0.1, 0.15) is 0 Å². The highest BCUT2D eigenvalue weighted by Gasteiger charge is 2.06. The first-order valence-corrected chi connectivity index (χ1v) is 7.02. The second-order valence-electron chi connectivity index (χ2n) is 5.86. The molecule has 0 aliphatic heterocycles. The van der Waals surface area contributed by atoms with Crippen LogP contribution in [0.15, 0.2) is 30.3 Å². The Labute approximate surface area is 112 Å². The number of aryl methyl sites for hydroxylation is 1. The van der Waals surface area contributed by atoms with Crippen LogP contribution in [0, 0.1) is 0 Å². The molecular formula is C17H27N. The highest BCUT2D eigenvalue weighted by atomic mass is 14.9. The summed E-state index contributed by atoms with van der Waals surface area (Å²) >= 11 is 0. The molecule has 0 amide bonds. The molecule has 0 bridgehead atoms. The first kappa shape index (κ1) is 15.0. The third-order valence-corrected chi connectivity index (χ3v) is 2.80. The first-order valence-electron chi connectivity index (χ1n) is 7.02. The van der Waals surface area contributed by atoms with E-state index in [9.17, 15) is 0 Å². The van der Waals surface area contributed by atoms with Crippen molar-refractivity contribution in [1.29, 1.82) is 0 Å². The fourth-order valence-electron chi connectivity index (χ4n) is 1.83. The van der Waals surface area contributed by atoms with E-state index in [2.05, 4.69) is 69.4 Å². The Kier molecular flexibility index (Phi) is 6.14. The van der Waals surface area contributed by atoms with Gasteiger partial charge in [0.25, 0.3) is 0 Å². The molecule has 0 spiro atoms. The van der Waals surface area contributed by atoms with Crippen LogP contribution in [-0.2, 0) is 6.42 Å². The van der Waals surface area contributed by atoms with Crippen molar-refractivity contribution in [1.82, 2.24) is 5.32 Å². The minimum atomic E-state index is 0.218. The molecule has 0 aliphatic rings. The summed E-state index contributed by atoms with van der Waals surface area (Å²) in [6, 6.07) is 8.88. The van der Waals surface area contributed by atoms with Crippen molar-refractivity contribution in [3.63, 3.8) is 0 Å². The highest BCUT2D eigenvalue weighted by molar-refractivity contribution is 5.49. The van der Waals surface area contributed by atoms with E-state index in [-0.39, 0.29) is 5.54 Å². The Morgan fingerprint density at radius 3 is 2.33 bits per heavy atom. The molecule has 1 heteroatoms. The molecule has 1 rings (SSSR count). The molecule has 0 saturated carbocycles. The van der Waals surface area contributed by atoms with Crippen LogP contribution in [0.3, 0.4) is 0 Å². The maximum Gasteiger partial charge on any atom is 0.00966 e. The van der Waals surface area contributed by atoms with Crippen molar-refractivity contribution in [3.8, 4) is 0 Å². The van der Waals surface area contributed by atoms with Crippen LogP contribution in [0.2, 0.25) is 0 Å². The van der Waals surface area contributed by atoms with Crippen LogP contribution in [-0.4, -0.2) is 12.1 Å². The molecule has 1 nitrogen and oxygen atoms in total. The second-order valence-corrected chi connectivity index (χ2v) is 5.86. The monoisotopic (exact) mass is 245 g/mol. The number of benzene rings is 1. The van der Waals surface area contributed by atoms with Crippen molar-refractivity contribution in [3.05, 3.63) is 41.5 Å². The van der Waals surface area contributed by atoms with Gasteiger partial charge in [0.2, 0.25) is 0 Å². The average molecular weight is 245 g/mol. The Hall–Kier alpha value is -1.08. The lowest BCUT2D eigenvalue weighted by atomic mass is 10.1. The fraction of sp³-hybridized carbons (Fsp3) is 0.529. The van der Waals surface area contributed by atoms with E-state index >= 15 is 0 Å². The summed E-state index contributed by atoms with van der Waals surface area (Å²) in [5, 5.41) is 3.48. The number of hydrogen-bond donors (Lipinski definition) is 1. The molecule has 0 unspecified atom stereocenters. The Morgan fingerprint density at radius 1 is 1.11 bits per heavy atom. The van der Waals surface area contributed by atoms with Crippen molar-refractivity contribution in [2.24, 2.45) is 0 Å². The van der Waals surface area contributed by atoms with Gasteiger partial charge in [-0.2, -0.15) is 0 Å². The zero-order chi connectivity index (χ0) is 13.4. The van der Waals surface area contributed by atoms with Gasteiger partial charge < -0.3 is 5.32 Å². The largest absolute Gasteiger partial charge is 0.312 e. The molecule has 0 saturated heterocycles. The van der Waals surface area contributed by atoms with Gasteiger partial charge in [0.15, 0.2) is 0 Å². The van der Waals surface area contributed by atoms with Gasteiger partial charge in [-0.3, -0.25) is 0 Å². The number of hydrogen-bond acceptors (Lipinski definition) is 1. The summed E-state index contributed by atoms with van der Waals surface area (Å²) in [5.41, 5.74) is 2.95. The van der Waals surface area contributed by atoms with Crippen LogP contribution in [0.4, 0.5) is 0 Å². The zero-order valence-corrected chi connectivity index (χ0v) is 12.3. The van der Waals surface area contributed by atoms with Gasteiger partial charge in [-0.15, -0.1) is 0 Å². The minimum Gasteiger partial charge on any atom is -0.312 e. The zero-order valence-electron chi connectivity index (χ0n) is 12.3. The van der Waals surface area contributed by atoms with Crippen molar-refractivity contribution in [2.45, 2.75) is 52.5 Å². The standard InChI is InChI=1S/C17H27N/c1-5-8-15-10-12-16(13-11-15)9-6-7-14-18-17(2,3)4/h6,9-13,18H,5,7-8,14H2,1-4H3. The van der Waals surface area contributed by atoms with Gasteiger partial charge in [-0.05, 0) is 51.3 Å². The van der Waals surface area contributed by atoms with Crippen LogP contribution in [0.1, 0.15) is 51.7 Å². The molecule has 18 heavy (non-hydrogen) atoms. The Morgan fingerprint density at radius 2 is 1.78 bits per heavy atom. The van der Waals surface area contributed by atoms with Crippen LogP contribution in [0.5, 0.6) is 0 Å². The maximum absolute atomic E-state index is 3.48. The average Bonchev–Trinajstić information content (AvgIpc) is 2.30. The molecule has 0 radical (unpaired) electrons. The van der Waals surface area contributed by atoms with Crippen molar-refractivity contribution in [2.75, 3.05) is 6.54 Å². The predicted molar refractivity (Wildman–Crippen MR) is 81.8 cm³/mol. The molecule has 0 aromatic heterocycles. The van der Waals surface area contributed by atoms with E-state index in [1.165, 1.54) is 24.0 Å². The third-order valence-electron chi connectivity index (χ3n) is 2.80. The summed E-state index contributed by atoms with van der Waals surface area (Å²) in [6.07, 6.45) is 7.93. The molecular weight excluding hydrogens is 218 g/mol. The smallest absolute Gasteiger partial charge is 0.00966 e. The molecule has 1 aromatic carbocycles. The van der Waals surface area contributed by atoms with Crippen molar-refractivity contribution < 1.29 is 0 Å². The SMILES string of the molecule is CCCc1ccc(C=CCCNC(C)(C)C)cc1. The Balaban J connectivity index is 2.33. The molecule has 100 valence electrons. The lowest BCUT2D eigenvalue weighted by Gasteiger charge is -2.19. The van der Waals surface area contributed by atoms with Crippen LogP contribution in [0.25, 0.3) is 6.08 Å². The van der Waals surface area contributed by atoms with E-state index in [1.807, 2.05) is 0 Å². The quantitative estimate of drug-likeness (QED) is 0.731. The van der Waals surface area contributed by atoms with Gasteiger partial charge in [-0.25, -0.2) is 0 Å². The summed E-state index contributed by atoms with van der Waals surface area (Å²) in [6.45, 7) is 9.85. The molecule has 0 fully saturated rings. The van der Waals surface area contributed by atoms with Crippen LogP contribution >= 0.6 is 0 Å². The molecule has 0 aliphatic carbocycles. The summed E-state index contributed by atoms with van der Waals surface area (Å²) in [5.74, 6) is 0. The topological polar surface area (TPSA) is 12.0 Å². The summed E-state index contributed by atoms with van der Waals surface area (Å²) in [4.78, 5) is 0. The lowest BCUT2D eigenvalue weighted by molar-refractivity contribution is 0.431. The normalized spacial score (nSPS) is 12.2. The fourth-order valence-corrected chi connectivity index (χ4v) is 1.83. The van der Waals surface area contributed by atoms with E-state index in [0.717, 1.165) is 13.0 Å². The molecule has 1 aromatic rings. The number of rotatable bonds is 6. The van der Waals surface area contributed by atoms with E-state index in [1.54, 1.807) is 0 Å². The predicted octanol–water partition coefficient (Wildman–Crippen LogP) is 4.43. The van der Waals surface area contributed by atoms with E-state index in [4.69, 9.17) is 0 Å². The molecule has 1 N–H and O–H groups in total. The maximum atomic E-state index is 3.48. The summed E-state index contributed by atoms with van der Waals surface area (Å²) in [7, 11) is 0. The van der Waals surface area contributed by atoms with Crippen molar-refractivity contribution >= 4 is 6.08 Å². The minimum absolute atomic E-state index is 0.218. The Bertz CT molecular complexity index is 354. The second kappa shape index (κ2) is 7.38. The van der Waals surface area contributed by atoms with Gasteiger partial charge >= 0.3 is 0 Å². The molecule has 0 heterocycles. The van der Waals surface area contributed by atoms with Gasteiger partial charge in [0, 0.05) is 5.54 Å². The molecule has 0 atom stereocenters. The first-order chi connectivity index (χ1) is 8.51. The van der Waals surface area contributed by atoms with E-state index in [0.29, 0.717) is 0 Å². The third kappa shape index (κ3) is 6.61. The van der Waals surface area contributed by atoms with E-state index < -0.39 is 0 Å². The van der Waals surface area contributed by atoms with Gasteiger partial charge in [0.05, 0.1) is 0 Å². The van der Waals surface area contributed by atoms with Gasteiger partial charge in [-0.1, -0.05) is 49.8 Å². The van der Waals surface area contributed by atoms with Crippen LogP contribution < -0.4 is 5.32 Å².